The summed E-state index contributed by atoms with van der Waals surface area (Å²) < 4.78 is 16.1. The van der Waals surface area contributed by atoms with Crippen molar-refractivity contribution in [3.63, 3.8) is 0 Å². The molecule has 13 aromatic rings. The highest BCUT2D eigenvalue weighted by Gasteiger charge is 2.21. The lowest BCUT2D eigenvalue weighted by atomic mass is 9.88. The molecule has 0 spiro atoms. The molecular weight excluding hydrogens is 783 g/mol. The van der Waals surface area contributed by atoms with Gasteiger partial charge in [-0.15, -0.1) is 0 Å². The Morgan fingerprint density at radius 1 is 0.469 bits per heavy atom. The van der Waals surface area contributed by atoms with Gasteiger partial charge in [0, 0.05) is 39.2 Å². The summed E-state index contributed by atoms with van der Waals surface area (Å²) in [5.74, 6) is 2.34. The Balaban J connectivity index is 1.12. The van der Waals surface area contributed by atoms with Gasteiger partial charge in [-0.2, -0.15) is 0 Å². The molecule has 0 aliphatic carbocycles. The molecule has 0 atom stereocenters. The number of nitrogens with zero attached hydrogens (tertiary/aromatic N) is 5. The highest BCUT2D eigenvalue weighted by Crippen LogP contribution is 2.40. The average Bonchev–Trinajstić information content (AvgIpc) is 4.00. The first-order valence-corrected chi connectivity index (χ1v) is 21.9. The zero-order chi connectivity index (χ0) is 42.7. The molecule has 0 bridgehead atoms. The fourth-order valence-electron chi connectivity index (χ4n) is 10.1. The third kappa shape index (κ3) is 5.39. The first-order chi connectivity index (χ1) is 31.4. The van der Waals surface area contributed by atoms with Gasteiger partial charge in [-0.3, -0.25) is 13.5 Å². The standard InChI is InChI=1S/C58H41N5O/c1-58(2,3)37-31-32-59-55(33-37)62-49-23-11-9-19-43(49)46-30-28-40(35-54(46)62)64-39-27-29-45-41-17-7-8-18-42(41)47-21-13-22-48-44-20-10-12-24-50(44)63(56(47)48)52-26-14-25-51-57(52)61(53(45)34-39)36-60(51)38-15-5-4-6-16-38/h4-35H,1-3H3. The maximum atomic E-state index is 6.98. The quantitative estimate of drug-likeness (QED) is 0.131. The largest absolute Gasteiger partial charge is 0.458 e. The first-order valence-electron chi connectivity index (χ1n) is 21.9. The number of pyridine rings is 1. The van der Waals surface area contributed by atoms with Crippen LogP contribution in [0.4, 0.5) is 0 Å². The predicted molar refractivity (Wildman–Crippen MR) is 262 cm³/mol. The molecule has 6 nitrogen and oxygen atoms in total. The van der Waals surface area contributed by atoms with Crippen LogP contribution in [0.1, 0.15) is 26.3 Å². The average molecular weight is 824 g/mol. The zero-order valence-electron chi connectivity index (χ0n) is 35.6. The highest BCUT2D eigenvalue weighted by atomic mass is 16.5. The van der Waals surface area contributed by atoms with Gasteiger partial charge in [-0.1, -0.05) is 136 Å². The second kappa shape index (κ2) is 13.6. The summed E-state index contributed by atoms with van der Waals surface area (Å²) in [7, 11) is 0. The molecule has 5 aromatic heterocycles. The van der Waals surface area contributed by atoms with Crippen LogP contribution in [0.3, 0.4) is 0 Å². The minimum Gasteiger partial charge on any atom is -0.458 e. The smallest absolute Gasteiger partial charge is 0.269 e. The van der Waals surface area contributed by atoms with Crippen molar-refractivity contribution in [2.24, 2.45) is 0 Å². The van der Waals surface area contributed by atoms with E-state index < -0.39 is 0 Å². The summed E-state index contributed by atoms with van der Waals surface area (Å²) in [4.78, 5) is 4.92. The van der Waals surface area contributed by atoms with Crippen molar-refractivity contribution in [3.8, 4) is 23.0 Å². The van der Waals surface area contributed by atoms with Gasteiger partial charge in [0.1, 0.15) is 22.8 Å². The number of rotatable bonds is 4. The topological polar surface area (TPSA) is 39.8 Å². The predicted octanol–water partition coefficient (Wildman–Crippen LogP) is 14.2. The fourth-order valence-corrected chi connectivity index (χ4v) is 10.1. The van der Waals surface area contributed by atoms with E-state index in [0.717, 1.165) is 83.2 Å². The van der Waals surface area contributed by atoms with E-state index >= 15 is 0 Å². The van der Waals surface area contributed by atoms with Crippen LogP contribution in [0.15, 0.2) is 194 Å². The molecule has 0 fully saturated rings. The molecule has 0 amide bonds. The number of hydrogen-bond acceptors (Lipinski definition) is 2. The molecular formula is C58H41N5O. The van der Waals surface area contributed by atoms with Crippen molar-refractivity contribution in [1.29, 1.82) is 0 Å². The third-order valence-electron chi connectivity index (χ3n) is 13.0. The van der Waals surface area contributed by atoms with E-state index in [-0.39, 0.29) is 5.41 Å². The molecule has 0 aliphatic rings. The van der Waals surface area contributed by atoms with Gasteiger partial charge in [0.25, 0.3) is 6.33 Å². The molecule has 5 heterocycles. The Labute approximate surface area is 368 Å². The van der Waals surface area contributed by atoms with Gasteiger partial charge < -0.3 is 9.14 Å². The van der Waals surface area contributed by atoms with Crippen molar-refractivity contribution in [1.82, 2.24) is 18.4 Å². The van der Waals surface area contributed by atoms with Crippen molar-refractivity contribution in [2.75, 3.05) is 0 Å². The van der Waals surface area contributed by atoms with E-state index in [2.05, 4.69) is 233 Å². The van der Waals surface area contributed by atoms with Crippen LogP contribution in [0, 0.1) is 6.33 Å². The number of aromatic nitrogens is 5. The van der Waals surface area contributed by atoms with Gasteiger partial charge >= 0.3 is 0 Å². The van der Waals surface area contributed by atoms with E-state index in [9.17, 15) is 0 Å². The second-order valence-electron chi connectivity index (χ2n) is 17.8. The van der Waals surface area contributed by atoms with Gasteiger partial charge in [0.15, 0.2) is 0 Å². The lowest BCUT2D eigenvalue weighted by Crippen LogP contribution is -2.29. The van der Waals surface area contributed by atoms with Crippen molar-refractivity contribution in [2.45, 2.75) is 26.2 Å². The number of fused-ring (bicyclic) bond motifs is 12. The summed E-state index contributed by atoms with van der Waals surface area (Å²) in [5, 5.41) is 9.30. The van der Waals surface area contributed by atoms with Crippen molar-refractivity contribution in [3.05, 3.63) is 206 Å². The first kappa shape index (κ1) is 36.4. The molecule has 64 heavy (non-hydrogen) atoms. The number of para-hydroxylation sites is 5. The number of hydrogen-bond donors (Lipinski definition) is 0. The number of benzene rings is 8. The van der Waals surface area contributed by atoms with Gasteiger partial charge in [0.05, 0.1) is 44.3 Å². The molecule has 6 heteroatoms. The highest BCUT2D eigenvalue weighted by molar-refractivity contribution is 6.22. The third-order valence-corrected chi connectivity index (χ3v) is 13.0. The van der Waals surface area contributed by atoms with E-state index in [0.29, 0.717) is 0 Å². The molecule has 0 radical (unpaired) electrons. The molecule has 0 aliphatic heterocycles. The van der Waals surface area contributed by atoms with E-state index in [1.54, 1.807) is 0 Å². The fraction of sp³-hybridized carbons (Fsp3) is 0.0690. The van der Waals surface area contributed by atoms with Gasteiger partial charge in [-0.05, 0) is 93.9 Å². The van der Waals surface area contributed by atoms with Crippen LogP contribution in [-0.4, -0.2) is 18.4 Å². The van der Waals surface area contributed by atoms with Crippen LogP contribution < -0.4 is 9.30 Å². The van der Waals surface area contributed by atoms with Crippen LogP contribution in [0.25, 0.3) is 98.7 Å². The number of ether oxygens (including phenoxy) is 1. The Bertz CT molecular complexity index is 4090. The Hall–Kier alpha value is -8.22. The second-order valence-corrected chi connectivity index (χ2v) is 17.8. The van der Waals surface area contributed by atoms with Crippen molar-refractivity contribution < 1.29 is 9.30 Å². The van der Waals surface area contributed by atoms with Crippen molar-refractivity contribution >= 4 is 87.2 Å². The summed E-state index contributed by atoms with van der Waals surface area (Å²) in [6.45, 7) is 6.72. The van der Waals surface area contributed by atoms with Crippen LogP contribution in [0.5, 0.6) is 11.5 Å². The minimum atomic E-state index is -0.0252. The molecule has 8 aromatic carbocycles. The van der Waals surface area contributed by atoms with Gasteiger partial charge in [-0.25, -0.2) is 4.98 Å². The lowest BCUT2D eigenvalue weighted by molar-refractivity contribution is -0.572. The zero-order valence-corrected chi connectivity index (χ0v) is 35.6. The normalized spacial score (nSPS) is 12.3. The van der Waals surface area contributed by atoms with Crippen LogP contribution in [0.2, 0.25) is 0 Å². The monoisotopic (exact) mass is 823 g/mol. The molecule has 0 N–H and O–H groups in total. The Morgan fingerprint density at radius 3 is 1.78 bits per heavy atom. The summed E-state index contributed by atoms with van der Waals surface area (Å²) in [5.41, 5.74) is 10.8. The summed E-state index contributed by atoms with van der Waals surface area (Å²) in [6.07, 6.45) is 5.79. The van der Waals surface area contributed by atoms with Crippen LogP contribution in [-0.2, 0) is 5.41 Å². The SMILES string of the molecule is CC(C)(C)c1ccnc(-n2c3ccccc3c3ccc(Oc4ccc5c6ccccc6c6cccc7c8ccccc8n(c8cccc9c8n([c-][n+]9-c8ccccc8)c5c4)c67)cc32)c1. The van der Waals surface area contributed by atoms with E-state index in [1.807, 2.05) is 6.20 Å². The molecule has 0 unspecified atom stereocenters. The molecule has 304 valence electrons. The van der Waals surface area contributed by atoms with E-state index in [4.69, 9.17) is 9.72 Å². The van der Waals surface area contributed by atoms with Crippen LogP contribution >= 0.6 is 0 Å². The molecule has 13 rings (SSSR count). The minimum absolute atomic E-state index is 0.0252. The number of imidazole rings is 1. The van der Waals surface area contributed by atoms with Gasteiger partial charge in [0.2, 0.25) is 0 Å². The Morgan fingerprint density at radius 2 is 1.03 bits per heavy atom. The maximum Gasteiger partial charge on any atom is 0.269 e. The lowest BCUT2D eigenvalue weighted by Gasteiger charge is -2.20. The van der Waals surface area contributed by atoms with E-state index in [1.165, 1.54) is 32.6 Å². The summed E-state index contributed by atoms with van der Waals surface area (Å²) in [6, 6.07) is 67.2. The Kier molecular flexibility index (Phi) is 7.76. The molecule has 0 saturated carbocycles. The molecule has 0 saturated heterocycles. The summed E-state index contributed by atoms with van der Waals surface area (Å²) >= 11 is 0. The maximum absolute atomic E-state index is 6.98.